The fourth-order valence-electron chi connectivity index (χ4n) is 0.767. The summed E-state index contributed by atoms with van der Waals surface area (Å²) in [7, 11) is -0.706. The highest BCUT2D eigenvalue weighted by atomic mass is 32.2. The normalized spacial score (nSPS) is 12.8. The molecule has 1 rings (SSSR count). The number of rotatable bonds is 3. The van der Waals surface area contributed by atoms with Crippen LogP contribution >= 0.6 is 0 Å². The number of nitrogens with zero attached hydrogens (tertiary/aromatic N) is 1. The summed E-state index contributed by atoms with van der Waals surface area (Å²) < 4.78 is 11.1. The lowest BCUT2D eigenvalue weighted by atomic mass is 10.3. The van der Waals surface area contributed by atoms with Gasteiger partial charge in [-0.05, 0) is 17.7 Å². The van der Waals surface area contributed by atoms with Gasteiger partial charge in [0.15, 0.2) is 0 Å². The van der Waals surface area contributed by atoms with Gasteiger partial charge < -0.3 is 0 Å². The summed E-state index contributed by atoms with van der Waals surface area (Å²) in [5.74, 6) is 1.38. The first-order valence-electron chi connectivity index (χ1n) is 3.57. The Kier molecular flexibility index (Phi) is 3.23. The van der Waals surface area contributed by atoms with E-state index in [2.05, 4.69) is 4.98 Å². The molecule has 0 aliphatic rings. The Hall–Kier alpha value is -0.700. The molecule has 1 heterocycles. The molecule has 0 bridgehead atoms. The number of pyridine rings is 1. The fourth-order valence-corrected chi connectivity index (χ4v) is 1.54. The molecule has 0 amide bonds. The van der Waals surface area contributed by atoms with Crippen LogP contribution in [0.1, 0.15) is 12.5 Å². The molecule has 60 valence electrons. The Balaban J connectivity index is 2.58. The van der Waals surface area contributed by atoms with Crippen molar-refractivity contribution < 1.29 is 4.21 Å². The van der Waals surface area contributed by atoms with Crippen LogP contribution in [0.2, 0.25) is 0 Å². The Labute approximate surface area is 69.1 Å². The quantitative estimate of drug-likeness (QED) is 0.683. The molecule has 0 spiro atoms. The van der Waals surface area contributed by atoms with Gasteiger partial charge in [0.25, 0.3) is 0 Å². The smallest absolute Gasteiger partial charge is 0.0486 e. The molecule has 0 saturated heterocycles. The number of hydrogen-bond donors (Lipinski definition) is 0. The zero-order valence-corrected chi connectivity index (χ0v) is 7.30. The van der Waals surface area contributed by atoms with E-state index in [9.17, 15) is 4.21 Å². The summed E-state index contributed by atoms with van der Waals surface area (Å²) in [5, 5.41) is 0. The van der Waals surface area contributed by atoms with Crippen molar-refractivity contribution in [3.63, 3.8) is 0 Å². The maximum Gasteiger partial charge on any atom is 0.0486 e. The standard InChI is InChI=1S/C8H11NOS/c1-2-11(10)7-8-3-5-9-6-4-8/h3-6H,2,7H2,1H3. The van der Waals surface area contributed by atoms with Gasteiger partial charge in [-0.1, -0.05) is 6.92 Å². The van der Waals surface area contributed by atoms with Gasteiger partial charge in [0.2, 0.25) is 0 Å². The molecule has 3 heteroatoms. The van der Waals surface area contributed by atoms with Gasteiger partial charge in [-0.2, -0.15) is 0 Å². The molecule has 0 aromatic carbocycles. The molecule has 0 N–H and O–H groups in total. The molecular formula is C8H11NOS. The molecule has 2 nitrogen and oxygen atoms in total. The predicted octanol–water partition coefficient (Wildman–Crippen LogP) is 1.35. The highest BCUT2D eigenvalue weighted by Crippen LogP contribution is 2.00. The molecule has 1 aromatic rings. The fraction of sp³-hybridized carbons (Fsp3) is 0.375. The molecule has 0 saturated carbocycles. The van der Waals surface area contributed by atoms with E-state index >= 15 is 0 Å². The average Bonchev–Trinajstić information content (AvgIpc) is 2.06. The minimum absolute atomic E-state index is 0.652. The van der Waals surface area contributed by atoms with Crippen LogP contribution in [0, 0.1) is 0 Å². The summed E-state index contributed by atoms with van der Waals surface area (Å²) in [6.45, 7) is 1.93. The van der Waals surface area contributed by atoms with Crippen LogP contribution in [-0.2, 0) is 16.6 Å². The van der Waals surface area contributed by atoms with E-state index in [1.165, 1.54) is 0 Å². The molecule has 1 unspecified atom stereocenters. The zero-order valence-electron chi connectivity index (χ0n) is 6.49. The molecule has 1 atom stereocenters. The van der Waals surface area contributed by atoms with Crippen molar-refractivity contribution in [1.29, 1.82) is 0 Å². The summed E-state index contributed by atoms with van der Waals surface area (Å²) in [6.07, 6.45) is 3.45. The summed E-state index contributed by atoms with van der Waals surface area (Å²) in [6, 6.07) is 3.79. The summed E-state index contributed by atoms with van der Waals surface area (Å²) >= 11 is 0. The van der Waals surface area contributed by atoms with Gasteiger partial charge in [0, 0.05) is 34.7 Å². The molecule has 0 aliphatic carbocycles. The van der Waals surface area contributed by atoms with E-state index in [-0.39, 0.29) is 0 Å². The van der Waals surface area contributed by atoms with Gasteiger partial charge in [-0.25, -0.2) is 0 Å². The van der Waals surface area contributed by atoms with Crippen molar-refractivity contribution in [3.8, 4) is 0 Å². The predicted molar refractivity (Wildman–Crippen MR) is 46.6 cm³/mol. The van der Waals surface area contributed by atoms with Gasteiger partial charge >= 0.3 is 0 Å². The third kappa shape index (κ3) is 2.80. The van der Waals surface area contributed by atoms with Crippen LogP contribution in [0.4, 0.5) is 0 Å². The topological polar surface area (TPSA) is 30.0 Å². The van der Waals surface area contributed by atoms with Gasteiger partial charge in [0.1, 0.15) is 0 Å². The number of hydrogen-bond acceptors (Lipinski definition) is 2. The van der Waals surface area contributed by atoms with Crippen molar-refractivity contribution in [3.05, 3.63) is 30.1 Å². The highest BCUT2D eigenvalue weighted by molar-refractivity contribution is 7.84. The average molecular weight is 169 g/mol. The van der Waals surface area contributed by atoms with Gasteiger partial charge in [-0.15, -0.1) is 0 Å². The SMILES string of the molecule is CCS(=O)Cc1ccncc1. The Morgan fingerprint density at radius 2 is 2.09 bits per heavy atom. The van der Waals surface area contributed by atoms with E-state index in [0.717, 1.165) is 11.3 Å². The second-order valence-electron chi connectivity index (χ2n) is 2.23. The van der Waals surface area contributed by atoms with Crippen molar-refractivity contribution in [2.75, 3.05) is 5.75 Å². The summed E-state index contributed by atoms with van der Waals surface area (Å²) in [4.78, 5) is 3.88. The van der Waals surface area contributed by atoms with Crippen molar-refractivity contribution >= 4 is 10.8 Å². The van der Waals surface area contributed by atoms with Crippen LogP contribution in [-0.4, -0.2) is 14.9 Å². The Bertz CT molecular complexity index is 235. The largest absolute Gasteiger partial charge is 0.265 e. The second kappa shape index (κ2) is 4.23. The maximum atomic E-state index is 11.1. The van der Waals surface area contributed by atoms with Crippen molar-refractivity contribution in [2.24, 2.45) is 0 Å². The molecule has 11 heavy (non-hydrogen) atoms. The van der Waals surface area contributed by atoms with Crippen LogP contribution in [0.25, 0.3) is 0 Å². The van der Waals surface area contributed by atoms with Crippen LogP contribution in [0.15, 0.2) is 24.5 Å². The lowest BCUT2D eigenvalue weighted by Gasteiger charge is -1.97. The molecule has 1 aromatic heterocycles. The van der Waals surface area contributed by atoms with Gasteiger partial charge in [0.05, 0.1) is 0 Å². The lowest BCUT2D eigenvalue weighted by Crippen LogP contribution is -1.97. The lowest BCUT2D eigenvalue weighted by molar-refractivity contribution is 0.683. The van der Waals surface area contributed by atoms with Crippen LogP contribution in [0.3, 0.4) is 0 Å². The second-order valence-corrected chi connectivity index (χ2v) is 3.97. The molecule has 0 fully saturated rings. The van der Waals surface area contributed by atoms with Gasteiger partial charge in [-0.3, -0.25) is 9.19 Å². The highest BCUT2D eigenvalue weighted by Gasteiger charge is 1.96. The Morgan fingerprint density at radius 1 is 1.45 bits per heavy atom. The van der Waals surface area contributed by atoms with Crippen molar-refractivity contribution in [2.45, 2.75) is 12.7 Å². The minimum Gasteiger partial charge on any atom is -0.265 e. The molecule has 0 radical (unpaired) electrons. The zero-order chi connectivity index (χ0) is 8.10. The minimum atomic E-state index is -0.706. The van der Waals surface area contributed by atoms with E-state index in [4.69, 9.17) is 0 Å². The first-order valence-corrected chi connectivity index (χ1v) is 5.05. The molecule has 0 aliphatic heterocycles. The third-order valence-electron chi connectivity index (χ3n) is 1.40. The summed E-state index contributed by atoms with van der Waals surface area (Å²) in [5.41, 5.74) is 1.10. The van der Waals surface area contributed by atoms with E-state index in [1.54, 1.807) is 12.4 Å². The van der Waals surface area contributed by atoms with E-state index in [0.29, 0.717) is 5.75 Å². The van der Waals surface area contributed by atoms with Crippen molar-refractivity contribution in [1.82, 2.24) is 4.98 Å². The number of aromatic nitrogens is 1. The van der Waals surface area contributed by atoms with E-state index in [1.807, 2.05) is 19.1 Å². The monoisotopic (exact) mass is 169 g/mol. The first-order chi connectivity index (χ1) is 5.33. The first kappa shape index (κ1) is 8.40. The molecular weight excluding hydrogens is 158 g/mol. The van der Waals surface area contributed by atoms with Crippen LogP contribution in [0.5, 0.6) is 0 Å². The third-order valence-corrected chi connectivity index (χ3v) is 2.70. The van der Waals surface area contributed by atoms with E-state index < -0.39 is 10.8 Å². The maximum absolute atomic E-state index is 11.1. The van der Waals surface area contributed by atoms with Crippen LogP contribution < -0.4 is 0 Å². The Morgan fingerprint density at radius 3 is 2.64 bits per heavy atom.